The minimum absolute atomic E-state index is 0.142. The highest BCUT2D eigenvalue weighted by Gasteiger charge is 2.31. The summed E-state index contributed by atoms with van der Waals surface area (Å²) in [6, 6.07) is 6.78. The Balaban J connectivity index is 2.12. The van der Waals surface area contributed by atoms with Gasteiger partial charge in [0.25, 0.3) is 5.91 Å². The van der Waals surface area contributed by atoms with Crippen molar-refractivity contribution >= 4 is 21.6 Å². The third-order valence-electron chi connectivity index (χ3n) is 4.77. The molecule has 0 bridgehead atoms. The van der Waals surface area contributed by atoms with Crippen molar-refractivity contribution in [3.63, 3.8) is 0 Å². The van der Waals surface area contributed by atoms with Gasteiger partial charge in [0.05, 0.1) is 6.26 Å². The number of nitrogens with one attached hydrogen (secondary N) is 2. The van der Waals surface area contributed by atoms with Crippen LogP contribution in [0, 0.1) is 17.8 Å². The maximum Gasteiger partial charge on any atom is 0.251 e. The molecule has 1 aliphatic carbocycles. The molecular formula is C18H28N2O3S. The normalized spacial score (nSPS) is 24.6. The van der Waals surface area contributed by atoms with Crippen LogP contribution in [-0.2, 0) is 10.0 Å². The Morgan fingerprint density at radius 1 is 1.25 bits per heavy atom. The van der Waals surface area contributed by atoms with Crippen LogP contribution in [0.5, 0.6) is 0 Å². The minimum atomic E-state index is -3.36. The summed E-state index contributed by atoms with van der Waals surface area (Å²) < 4.78 is 25.1. The van der Waals surface area contributed by atoms with E-state index in [2.05, 4.69) is 30.8 Å². The molecule has 2 N–H and O–H groups in total. The van der Waals surface area contributed by atoms with Crippen molar-refractivity contribution in [1.82, 2.24) is 5.32 Å². The molecule has 1 aromatic carbocycles. The van der Waals surface area contributed by atoms with Gasteiger partial charge in [0.1, 0.15) is 0 Å². The third-order valence-corrected chi connectivity index (χ3v) is 5.37. The van der Waals surface area contributed by atoms with Crippen LogP contribution in [0.2, 0.25) is 0 Å². The molecule has 0 aromatic heterocycles. The number of carbonyl (C=O) groups excluding carboxylic acids is 1. The molecule has 0 aliphatic heterocycles. The molecule has 1 saturated carbocycles. The summed E-state index contributed by atoms with van der Waals surface area (Å²) in [4.78, 5) is 12.6. The standard InChI is InChI=1S/C18H28N2O3S/c1-12(2)16-9-8-13(3)10-17(16)19-18(21)14-6-5-7-15(11-14)20-24(4,22)23/h5-7,11-13,16-17,20H,8-10H2,1-4H3,(H,19,21). The molecular weight excluding hydrogens is 324 g/mol. The number of anilines is 1. The van der Waals surface area contributed by atoms with E-state index in [-0.39, 0.29) is 11.9 Å². The fourth-order valence-electron chi connectivity index (χ4n) is 3.56. The Labute approximate surface area is 145 Å². The topological polar surface area (TPSA) is 75.3 Å². The molecule has 0 heterocycles. The Bertz CT molecular complexity index is 685. The second-order valence-corrected chi connectivity index (χ2v) is 9.11. The minimum Gasteiger partial charge on any atom is -0.349 e. The van der Waals surface area contributed by atoms with E-state index in [1.54, 1.807) is 24.3 Å². The van der Waals surface area contributed by atoms with Crippen LogP contribution in [0.15, 0.2) is 24.3 Å². The van der Waals surface area contributed by atoms with Gasteiger partial charge in [-0.3, -0.25) is 9.52 Å². The van der Waals surface area contributed by atoms with Crippen molar-refractivity contribution in [3.8, 4) is 0 Å². The number of rotatable bonds is 5. The van der Waals surface area contributed by atoms with E-state index in [4.69, 9.17) is 0 Å². The van der Waals surface area contributed by atoms with E-state index >= 15 is 0 Å². The summed E-state index contributed by atoms with van der Waals surface area (Å²) in [5.74, 6) is 1.49. The van der Waals surface area contributed by atoms with Gasteiger partial charge in [-0.05, 0) is 48.8 Å². The largest absolute Gasteiger partial charge is 0.349 e. The summed E-state index contributed by atoms with van der Waals surface area (Å²) in [5.41, 5.74) is 0.881. The second kappa shape index (κ2) is 7.55. The van der Waals surface area contributed by atoms with Crippen LogP contribution in [0.1, 0.15) is 50.4 Å². The highest BCUT2D eigenvalue weighted by Crippen LogP contribution is 2.33. The molecule has 0 saturated heterocycles. The van der Waals surface area contributed by atoms with Crippen LogP contribution in [0.4, 0.5) is 5.69 Å². The maximum atomic E-state index is 12.6. The fraction of sp³-hybridized carbons (Fsp3) is 0.611. The first kappa shape index (κ1) is 18.8. The van der Waals surface area contributed by atoms with Gasteiger partial charge in [-0.15, -0.1) is 0 Å². The molecule has 6 heteroatoms. The number of carbonyl (C=O) groups is 1. The average molecular weight is 353 g/mol. The molecule has 1 aliphatic rings. The van der Waals surface area contributed by atoms with Crippen molar-refractivity contribution < 1.29 is 13.2 Å². The van der Waals surface area contributed by atoms with Crippen LogP contribution >= 0.6 is 0 Å². The molecule has 0 radical (unpaired) electrons. The van der Waals surface area contributed by atoms with Gasteiger partial charge in [-0.1, -0.05) is 33.3 Å². The lowest BCUT2D eigenvalue weighted by Gasteiger charge is -2.37. The van der Waals surface area contributed by atoms with Crippen LogP contribution in [0.25, 0.3) is 0 Å². The van der Waals surface area contributed by atoms with Crippen molar-refractivity contribution in [2.75, 3.05) is 11.0 Å². The Morgan fingerprint density at radius 2 is 1.96 bits per heavy atom. The molecule has 3 atom stereocenters. The molecule has 2 rings (SSSR count). The monoisotopic (exact) mass is 352 g/mol. The smallest absolute Gasteiger partial charge is 0.251 e. The van der Waals surface area contributed by atoms with E-state index in [1.165, 1.54) is 6.42 Å². The Hall–Kier alpha value is -1.56. The van der Waals surface area contributed by atoms with E-state index in [9.17, 15) is 13.2 Å². The van der Waals surface area contributed by atoms with Gasteiger partial charge in [-0.25, -0.2) is 8.42 Å². The van der Waals surface area contributed by atoms with Gasteiger partial charge in [0.15, 0.2) is 0 Å². The van der Waals surface area contributed by atoms with Crippen molar-refractivity contribution in [3.05, 3.63) is 29.8 Å². The summed E-state index contributed by atoms with van der Waals surface area (Å²) in [7, 11) is -3.36. The van der Waals surface area contributed by atoms with Gasteiger partial charge >= 0.3 is 0 Å². The van der Waals surface area contributed by atoms with E-state index in [0.29, 0.717) is 29.0 Å². The van der Waals surface area contributed by atoms with Gasteiger partial charge in [0.2, 0.25) is 10.0 Å². The summed E-state index contributed by atoms with van der Waals surface area (Å²) in [6.07, 6.45) is 4.44. The van der Waals surface area contributed by atoms with Gasteiger partial charge < -0.3 is 5.32 Å². The highest BCUT2D eigenvalue weighted by molar-refractivity contribution is 7.92. The zero-order valence-corrected chi connectivity index (χ0v) is 15.7. The molecule has 1 amide bonds. The third kappa shape index (κ3) is 5.23. The van der Waals surface area contributed by atoms with Crippen molar-refractivity contribution in [1.29, 1.82) is 0 Å². The number of benzene rings is 1. The highest BCUT2D eigenvalue weighted by atomic mass is 32.2. The number of hydrogen-bond acceptors (Lipinski definition) is 3. The number of hydrogen-bond donors (Lipinski definition) is 2. The molecule has 24 heavy (non-hydrogen) atoms. The van der Waals surface area contributed by atoms with Crippen LogP contribution in [0.3, 0.4) is 0 Å². The fourth-order valence-corrected chi connectivity index (χ4v) is 4.11. The lowest BCUT2D eigenvalue weighted by molar-refractivity contribution is 0.0868. The summed E-state index contributed by atoms with van der Waals surface area (Å²) >= 11 is 0. The van der Waals surface area contributed by atoms with E-state index in [0.717, 1.165) is 19.1 Å². The molecule has 0 spiro atoms. The molecule has 1 aromatic rings. The zero-order valence-electron chi connectivity index (χ0n) is 14.9. The summed E-state index contributed by atoms with van der Waals surface area (Å²) in [6.45, 7) is 6.64. The second-order valence-electron chi connectivity index (χ2n) is 7.36. The molecule has 1 fully saturated rings. The number of amides is 1. The van der Waals surface area contributed by atoms with E-state index in [1.807, 2.05) is 0 Å². The zero-order chi connectivity index (χ0) is 17.9. The quantitative estimate of drug-likeness (QED) is 0.854. The first-order valence-electron chi connectivity index (χ1n) is 8.54. The number of sulfonamides is 1. The average Bonchev–Trinajstić information content (AvgIpc) is 2.45. The van der Waals surface area contributed by atoms with Crippen LogP contribution < -0.4 is 10.0 Å². The molecule has 3 unspecified atom stereocenters. The first-order chi connectivity index (χ1) is 11.2. The van der Waals surface area contributed by atoms with Gasteiger partial charge in [0, 0.05) is 17.3 Å². The lowest BCUT2D eigenvalue weighted by atomic mass is 9.74. The first-order valence-corrected chi connectivity index (χ1v) is 10.4. The van der Waals surface area contributed by atoms with Crippen LogP contribution in [-0.4, -0.2) is 26.6 Å². The lowest BCUT2D eigenvalue weighted by Crippen LogP contribution is -2.45. The van der Waals surface area contributed by atoms with E-state index < -0.39 is 10.0 Å². The predicted molar refractivity (Wildman–Crippen MR) is 97.5 cm³/mol. The molecule has 5 nitrogen and oxygen atoms in total. The summed E-state index contributed by atoms with van der Waals surface area (Å²) in [5, 5.41) is 3.17. The SMILES string of the molecule is CC1CCC(C(C)C)C(NC(=O)c2cccc(NS(C)(=O)=O)c2)C1. The maximum absolute atomic E-state index is 12.6. The molecule has 134 valence electrons. The van der Waals surface area contributed by atoms with Gasteiger partial charge in [-0.2, -0.15) is 0 Å². The Morgan fingerprint density at radius 3 is 2.58 bits per heavy atom. The van der Waals surface area contributed by atoms with Crippen molar-refractivity contribution in [2.24, 2.45) is 17.8 Å². The predicted octanol–water partition coefficient (Wildman–Crippen LogP) is 3.25. The van der Waals surface area contributed by atoms with Crippen molar-refractivity contribution in [2.45, 2.75) is 46.1 Å². The Kier molecular flexibility index (Phi) is 5.91.